The number of halogens is 1. The van der Waals surface area contributed by atoms with Gasteiger partial charge in [-0.1, -0.05) is 17.7 Å². The predicted molar refractivity (Wildman–Crippen MR) is 48.2 cm³/mol. The van der Waals surface area contributed by atoms with Crippen molar-refractivity contribution in [3.8, 4) is 11.4 Å². The lowest BCUT2D eigenvalue weighted by Gasteiger charge is -1.92. The first-order chi connectivity index (χ1) is 5.88. The zero-order chi connectivity index (χ0) is 8.39. The standard InChI is InChI=1S/C7H4ClN3S/c8-7-6(10-12-11-7)5-3-1-2-4-9-5/h1-4H. The molecule has 0 saturated carbocycles. The maximum absolute atomic E-state index is 5.77. The Balaban J connectivity index is 2.51. The highest BCUT2D eigenvalue weighted by Gasteiger charge is 2.07. The molecule has 0 saturated heterocycles. The fraction of sp³-hybridized carbons (Fsp3) is 0. The van der Waals surface area contributed by atoms with Gasteiger partial charge in [0.05, 0.1) is 17.4 Å². The van der Waals surface area contributed by atoms with Gasteiger partial charge in [-0.25, -0.2) is 0 Å². The normalized spacial score (nSPS) is 10.1. The third kappa shape index (κ3) is 1.31. The Hall–Kier alpha value is -1.00. The minimum absolute atomic E-state index is 0.415. The van der Waals surface area contributed by atoms with Gasteiger partial charge in [0.15, 0.2) is 5.15 Å². The van der Waals surface area contributed by atoms with Crippen molar-refractivity contribution in [2.24, 2.45) is 0 Å². The summed E-state index contributed by atoms with van der Waals surface area (Å²) in [5.74, 6) is 0. The number of aromatic nitrogens is 3. The maximum atomic E-state index is 5.77. The van der Waals surface area contributed by atoms with E-state index in [9.17, 15) is 0 Å². The van der Waals surface area contributed by atoms with E-state index in [1.54, 1.807) is 6.20 Å². The van der Waals surface area contributed by atoms with Gasteiger partial charge >= 0.3 is 0 Å². The van der Waals surface area contributed by atoms with E-state index in [1.165, 1.54) is 0 Å². The van der Waals surface area contributed by atoms with Gasteiger partial charge in [-0.05, 0) is 12.1 Å². The molecule has 0 spiro atoms. The van der Waals surface area contributed by atoms with Gasteiger partial charge < -0.3 is 0 Å². The number of rotatable bonds is 1. The molecule has 2 rings (SSSR count). The van der Waals surface area contributed by atoms with Crippen LogP contribution in [-0.2, 0) is 0 Å². The van der Waals surface area contributed by atoms with Crippen LogP contribution in [0.3, 0.4) is 0 Å². The first-order valence-electron chi connectivity index (χ1n) is 3.27. The molecule has 2 aromatic heterocycles. The predicted octanol–water partition coefficient (Wildman–Crippen LogP) is 2.25. The minimum Gasteiger partial charge on any atom is -0.254 e. The van der Waals surface area contributed by atoms with Crippen LogP contribution in [0.4, 0.5) is 0 Å². The molecule has 60 valence electrons. The zero-order valence-electron chi connectivity index (χ0n) is 5.94. The smallest absolute Gasteiger partial charge is 0.172 e. The fourth-order valence-corrected chi connectivity index (χ4v) is 1.58. The maximum Gasteiger partial charge on any atom is 0.172 e. The Labute approximate surface area is 78.4 Å². The van der Waals surface area contributed by atoms with Crippen molar-refractivity contribution in [3.05, 3.63) is 29.5 Å². The Bertz CT molecular complexity index is 373. The Kier molecular flexibility index (Phi) is 2.01. The van der Waals surface area contributed by atoms with E-state index in [0.29, 0.717) is 10.8 Å². The Morgan fingerprint density at radius 3 is 2.75 bits per heavy atom. The van der Waals surface area contributed by atoms with Crippen LogP contribution in [0.5, 0.6) is 0 Å². The summed E-state index contributed by atoms with van der Waals surface area (Å²) < 4.78 is 7.87. The molecule has 0 aromatic carbocycles. The van der Waals surface area contributed by atoms with Crippen molar-refractivity contribution in [1.82, 2.24) is 13.7 Å². The molecule has 0 unspecified atom stereocenters. The Morgan fingerprint density at radius 2 is 2.17 bits per heavy atom. The molecule has 0 fully saturated rings. The molecule has 0 radical (unpaired) electrons. The van der Waals surface area contributed by atoms with E-state index < -0.39 is 0 Å². The molecule has 0 amide bonds. The van der Waals surface area contributed by atoms with E-state index >= 15 is 0 Å². The molecule has 0 aliphatic heterocycles. The SMILES string of the molecule is Clc1nsnc1-c1ccccn1. The summed E-state index contributed by atoms with van der Waals surface area (Å²) in [7, 11) is 0. The van der Waals surface area contributed by atoms with Crippen LogP contribution in [0.2, 0.25) is 5.15 Å². The van der Waals surface area contributed by atoms with Crippen molar-refractivity contribution in [2.45, 2.75) is 0 Å². The fourth-order valence-electron chi connectivity index (χ4n) is 0.833. The molecular formula is C7H4ClN3S. The van der Waals surface area contributed by atoms with Crippen molar-refractivity contribution in [3.63, 3.8) is 0 Å². The molecule has 0 N–H and O–H groups in total. The second-order valence-corrected chi connectivity index (χ2v) is 3.01. The van der Waals surface area contributed by atoms with Crippen LogP contribution in [0.1, 0.15) is 0 Å². The number of hydrogen-bond acceptors (Lipinski definition) is 4. The molecule has 2 heterocycles. The van der Waals surface area contributed by atoms with Crippen LogP contribution in [0, 0.1) is 0 Å². The molecule has 0 aliphatic carbocycles. The van der Waals surface area contributed by atoms with Gasteiger partial charge in [-0.3, -0.25) is 4.98 Å². The topological polar surface area (TPSA) is 38.7 Å². The van der Waals surface area contributed by atoms with E-state index in [1.807, 2.05) is 18.2 Å². The van der Waals surface area contributed by atoms with Gasteiger partial charge in [0, 0.05) is 6.20 Å². The van der Waals surface area contributed by atoms with Gasteiger partial charge in [0.25, 0.3) is 0 Å². The largest absolute Gasteiger partial charge is 0.254 e. The van der Waals surface area contributed by atoms with Crippen molar-refractivity contribution < 1.29 is 0 Å². The molecule has 3 nitrogen and oxygen atoms in total. The van der Waals surface area contributed by atoms with E-state index in [2.05, 4.69) is 13.7 Å². The third-order valence-corrected chi connectivity index (χ3v) is 2.25. The highest BCUT2D eigenvalue weighted by Crippen LogP contribution is 2.22. The third-order valence-electron chi connectivity index (χ3n) is 1.36. The second kappa shape index (κ2) is 3.16. The van der Waals surface area contributed by atoms with Crippen molar-refractivity contribution in [1.29, 1.82) is 0 Å². The number of hydrogen-bond donors (Lipinski definition) is 0. The van der Waals surface area contributed by atoms with Gasteiger partial charge in [0.2, 0.25) is 0 Å². The highest BCUT2D eigenvalue weighted by atomic mass is 35.5. The molecule has 2 aromatic rings. The summed E-state index contributed by atoms with van der Waals surface area (Å²) in [6.45, 7) is 0. The van der Waals surface area contributed by atoms with Crippen LogP contribution in [0.25, 0.3) is 11.4 Å². The lowest BCUT2D eigenvalue weighted by Crippen LogP contribution is -1.81. The summed E-state index contributed by atoms with van der Waals surface area (Å²) in [6, 6.07) is 5.58. The van der Waals surface area contributed by atoms with E-state index in [4.69, 9.17) is 11.6 Å². The summed E-state index contributed by atoms with van der Waals surface area (Å²) in [5.41, 5.74) is 1.42. The van der Waals surface area contributed by atoms with Gasteiger partial charge in [0.1, 0.15) is 5.69 Å². The number of pyridine rings is 1. The van der Waals surface area contributed by atoms with E-state index in [-0.39, 0.29) is 0 Å². The molecule has 0 atom stereocenters. The number of nitrogens with zero attached hydrogens (tertiary/aromatic N) is 3. The molecular weight excluding hydrogens is 194 g/mol. The average Bonchev–Trinajstić information content (AvgIpc) is 2.53. The monoisotopic (exact) mass is 197 g/mol. The quantitative estimate of drug-likeness (QED) is 0.704. The first kappa shape index (κ1) is 7.64. The zero-order valence-corrected chi connectivity index (χ0v) is 7.51. The summed E-state index contributed by atoms with van der Waals surface area (Å²) in [6.07, 6.45) is 1.70. The summed E-state index contributed by atoms with van der Waals surface area (Å²) in [5, 5.41) is 0.415. The lowest BCUT2D eigenvalue weighted by atomic mass is 10.3. The van der Waals surface area contributed by atoms with Crippen LogP contribution in [0.15, 0.2) is 24.4 Å². The molecule has 12 heavy (non-hydrogen) atoms. The summed E-state index contributed by atoms with van der Waals surface area (Å²) >= 11 is 6.86. The molecule has 0 aliphatic rings. The van der Waals surface area contributed by atoms with E-state index in [0.717, 1.165) is 17.4 Å². The van der Waals surface area contributed by atoms with Crippen molar-refractivity contribution in [2.75, 3.05) is 0 Å². The van der Waals surface area contributed by atoms with Gasteiger partial charge in [-0.2, -0.15) is 8.75 Å². The molecule has 0 bridgehead atoms. The minimum atomic E-state index is 0.415. The summed E-state index contributed by atoms with van der Waals surface area (Å²) in [4.78, 5) is 4.10. The van der Waals surface area contributed by atoms with Crippen LogP contribution < -0.4 is 0 Å². The highest BCUT2D eigenvalue weighted by molar-refractivity contribution is 6.99. The first-order valence-corrected chi connectivity index (χ1v) is 4.38. The van der Waals surface area contributed by atoms with Crippen molar-refractivity contribution >= 4 is 23.3 Å². The Morgan fingerprint density at radius 1 is 1.25 bits per heavy atom. The van der Waals surface area contributed by atoms with Gasteiger partial charge in [-0.15, -0.1) is 0 Å². The van der Waals surface area contributed by atoms with Crippen LogP contribution >= 0.6 is 23.3 Å². The lowest BCUT2D eigenvalue weighted by molar-refractivity contribution is 1.30. The second-order valence-electron chi connectivity index (χ2n) is 2.12. The molecule has 5 heteroatoms. The average molecular weight is 198 g/mol. The van der Waals surface area contributed by atoms with Crippen LogP contribution in [-0.4, -0.2) is 13.7 Å².